The van der Waals surface area contributed by atoms with Gasteiger partial charge in [0.25, 0.3) is 0 Å². The molecular formula is C16H17Cl2N3O2. The molecule has 5 nitrogen and oxygen atoms in total. The molecule has 1 aromatic rings. The first-order valence-electron chi connectivity index (χ1n) is 7.79. The second-order valence-corrected chi connectivity index (χ2v) is 7.46. The summed E-state index contributed by atoms with van der Waals surface area (Å²) in [5.41, 5.74) is 0.885. The molecule has 1 atom stereocenters. The van der Waals surface area contributed by atoms with Gasteiger partial charge in [-0.2, -0.15) is 0 Å². The van der Waals surface area contributed by atoms with E-state index in [4.69, 9.17) is 23.2 Å². The standard InChI is InChI=1S/C16H17Cl2N3O2/c17-11-4-10-13(5-12(11)18)20-15(23)16(10)1-2-21(8-16)14(22)3-9-6-19-7-9/h4-5,9,19H,1-3,6-8H2,(H,20,23)/t16-/m1/s1. The van der Waals surface area contributed by atoms with Crippen molar-refractivity contribution in [3.8, 4) is 0 Å². The fourth-order valence-electron chi connectivity index (χ4n) is 3.71. The van der Waals surface area contributed by atoms with Crippen LogP contribution in [0.4, 0.5) is 5.69 Å². The number of hydrogen-bond acceptors (Lipinski definition) is 3. The molecule has 0 unspecified atom stereocenters. The molecule has 0 aromatic heterocycles. The van der Waals surface area contributed by atoms with Crippen LogP contribution in [-0.2, 0) is 15.0 Å². The van der Waals surface area contributed by atoms with Crippen molar-refractivity contribution in [2.45, 2.75) is 18.3 Å². The fourth-order valence-corrected chi connectivity index (χ4v) is 4.03. The molecule has 3 aliphatic rings. The van der Waals surface area contributed by atoms with E-state index in [1.165, 1.54) is 0 Å². The molecule has 3 heterocycles. The summed E-state index contributed by atoms with van der Waals surface area (Å²) in [6.45, 7) is 2.83. The smallest absolute Gasteiger partial charge is 0.237 e. The van der Waals surface area contributed by atoms with E-state index in [2.05, 4.69) is 10.6 Å². The van der Waals surface area contributed by atoms with E-state index in [0.717, 1.165) is 18.7 Å². The third kappa shape index (κ3) is 2.33. The Morgan fingerprint density at radius 1 is 1.30 bits per heavy atom. The minimum Gasteiger partial charge on any atom is -0.341 e. The molecule has 0 radical (unpaired) electrons. The maximum Gasteiger partial charge on any atom is 0.237 e. The minimum atomic E-state index is -0.683. The predicted molar refractivity (Wildman–Crippen MR) is 88.9 cm³/mol. The van der Waals surface area contributed by atoms with Crippen LogP contribution in [0.25, 0.3) is 0 Å². The lowest BCUT2D eigenvalue weighted by Gasteiger charge is -2.29. The van der Waals surface area contributed by atoms with Crippen LogP contribution < -0.4 is 10.6 Å². The normalized spacial score (nSPS) is 26.3. The van der Waals surface area contributed by atoms with Gasteiger partial charge in [0, 0.05) is 25.2 Å². The van der Waals surface area contributed by atoms with Crippen LogP contribution in [0.3, 0.4) is 0 Å². The van der Waals surface area contributed by atoms with E-state index in [1.54, 1.807) is 12.1 Å². The van der Waals surface area contributed by atoms with Gasteiger partial charge in [-0.3, -0.25) is 9.59 Å². The van der Waals surface area contributed by atoms with Gasteiger partial charge in [0.2, 0.25) is 11.8 Å². The topological polar surface area (TPSA) is 61.4 Å². The number of amides is 2. The molecule has 7 heteroatoms. The Hall–Kier alpha value is -1.30. The largest absolute Gasteiger partial charge is 0.341 e. The first kappa shape index (κ1) is 15.2. The van der Waals surface area contributed by atoms with E-state index in [-0.39, 0.29) is 11.8 Å². The number of anilines is 1. The van der Waals surface area contributed by atoms with Gasteiger partial charge in [-0.25, -0.2) is 0 Å². The molecule has 0 saturated carbocycles. The van der Waals surface area contributed by atoms with E-state index >= 15 is 0 Å². The third-order valence-electron chi connectivity index (χ3n) is 5.21. The first-order chi connectivity index (χ1) is 11.0. The molecule has 4 rings (SSSR count). The zero-order valence-electron chi connectivity index (χ0n) is 12.5. The van der Waals surface area contributed by atoms with Gasteiger partial charge in [-0.1, -0.05) is 23.2 Å². The van der Waals surface area contributed by atoms with Gasteiger partial charge < -0.3 is 15.5 Å². The van der Waals surface area contributed by atoms with Crippen molar-refractivity contribution < 1.29 is 9.59 Å². The van der Waals surface area contributed by atoms with E-state index in [1.807, 2.05) is 4.90 Å². The number of nitrogens with one attached hydrogen (secondary N) is 2. The fraction of sp³-hybridized carbons (Fsp3) is 0.500. The van der Waals surface area contributed by atoms with Crippen LogP contribution in [0.1, 0.15) is 18.4 Å². The van der Waals surface area contributed by atoms with Crippen LogP contribution in [0.15, 0.2) is 12.1 Å². The number of halogens is 2. The van der Waals surface area contributed by atoms with Crippen molar-refractivity contribution in [3.63, 3.8) is 0 Å². The molecule has 1 aromatic carbocycles. The highest BCUT2D eigenvalue weighted by Gasteiger charge is 2.52. The van der Waals surface area contributed by atoms with Crippen molar-refractivity contribution in [3.05, 3.63) is 27.7 Å². The number of carbonyl (C=O) groups is 2. The van der Waals surface area contributed by atoms with Gasteiger partial charge in [-0.05, 0) is 43.1 Å². The molecule has 1 spiro atoms. The first-order valence-corrected chi connectivity index (χ1v) is 8.55. The highest BCUT2D eigenvalue weighted by atomic mass is 35.5. The Kier molecular flexibility index (Phi) is 3.55. The van der Waals surface area contributed by atoms with Gasteiger partial charge in [0.05, 0.1) is 15.5 Å². The molecule has 3 aliphatic heterocycles. The van der Waals surface area contributed by atoms with Crippen molar-refractivity contribution in [1.29, 1.82) is 0 Å². The maximum atomic E-state index is 12.6. The zero-order chi connectivity index (χ0) is 16.2. The molecular weight excluding hydrogens is 337 g/mol. The lowest BCUT2D eigenvalue weighted by molar-refractivity contribution is -0.132. The molecule has 122 valence electrons. The summed E-state index contributed by atoms with van der Waals surface area (Å²) in [7, 11) is 0. The second kappa shape index (κ2) is 5.36. The molecule has 2 N–H and O–H groups in total. The molecule has 23 heavy (non-hydrogen) atoms. The quantitative estimate of drug-likeness (QED) is 0.854. The van der Waals surface area contributed by atoms with Gasteiger partial charge in [-0.15, -0.1) is 0 Å². The average Bonchev–Trinajstić information content (AvgIpc) is 3.01. The van der Waals surface area contributed by atoms with Crippen LogP contribution in [0.5, 0.6) is 0 Å². The van der Waals surface area contributed by atoms with Gasteiger partial charge >= 0.3 is 0 Å². The lowest BCUT2D eigenvalue weighted by Crippen LogP contribution is -2.45. The van der Waals surface area contributed by atoms with Crippen LogP contribution in [0.2, 0.25) is 10.0 Å². The van der Waals surface area contributed by atoms with Gasteiger partial charge in [0.1, 0.15) is 0 Å². The number of fused-ring (bicyclic) bond motifs is 2. The number of rotatable bonds is 2. The maximum absolute atomic E-state index is 12.6. The Morgan fingerprint density at radius 3 is 2.74 bits per heavy atom. The Labute approximate surface area is 144 Å². The lowest BCUT2D eigenvalue weighted by atomic mass is 9.81. The molecule has 0 aliphatic carbocycles. The van der Waals surface area contributed by atoms with Crippen LogP contribution in [-0.4, -0.2) is 42.9 Å². The molecule has 2 amide bonds. The summed E-state index contributed by atoms with van der Waals surface area (Å²) < 4.78 is 0. The summed E-state index contributed by atoms with van der Waals surface area (Å²) in [6, 6.07) is 3.46. The SMILES string of the molecule is O=C(CC1CNC1)N1CC[C@]2(C1)C(=O)Nc1cc(Cl)c(Cl)cc12. The summed E-state index contributed by atoms with van der Waals surface area (Å²) in [5.74, 6) is 0.498. The van der Waals surface area contributed by atoms with Crippen molar-refractivity contribution >= 4 is 40.7 Å². The zero-order valence-corrected chi connectivity index (χ0v) is 14.0. The van der Waals surface area contributed by atoms with E-state index in [0.29, 0.717) is 47.6 Å². The number of hydrogen-bond donors (Lipinski definition) is 2. The molecule has 2 saturated heterocycles. The van der Waals surface area contributed by atoms with Crippen molar-refractivity contribution in [2.24, 2.45) is 5.92 Å². The Balaban J connectivity index is 1.59. The second-order valence-electron chi connectivity index (χ2n) is 6.64. The Morgan fingerprint density at radius 2 is 2.04 bits per heavy atom. The number of benzene rings is 1. The van der Waals surface area contributed by atoms with Crippen LogP contribution >= 0.6 is 23.2 Å². The highest BCUT2D eigenvalue weighted by Crippen LogP contribution is 2.46. The van der Waals surface area contributed by atoms with Gasteiger partial charge in [0.15, 0.2) is 0 Å². The molecule has 0 bridgehead atoms. The number of nitrogens with zero attached hydrogens (tertiary/aromatic N) is 1. The summed E-state index contributed by atoms with van der Waals surface area (Å²) in [6.07, 6.45) is 1.18. The number of carbonyl (C=O) groups excluding carboxylic acids is 2. The minimum absolute atomic E-state index is 0.0635. The van der Waals surface area contributed by atoms with E-state index in [9.17, 15) is 9.59 Å². The predicted octanol–water partition coefficient (Wildman–Crippen LogP) is 2.03. The average molecular weight is 354 g/mol. The number of likely N-dealkylation sites (tertiary alicyclic amines) is 1. The summed E-state index contributed by atoms with van der Waals surface area (Å²) in [5, 5.41) is 6.93. The van der Waals surface area contributed by atoms with Crippen LogP contribution in [0, 0.1) is 5.92 Å². The summed E-state index contributed by atoms with van der Waals surface area (Å²) >= 11 is 12.2. The van der Waals surface area contributed by atoms with Crippen molar-refractivity contribution in [1.82, 2.24) is 10.2 Å². The summed E-state index contributed by atoms with van der Waals surface area (Å²) in [4.78, 5) is 26.9. The van der Waals surface area contributed by atoms with E-state index < -0.39 is 5.41 Å². The third-order valence-corrected chi connectivity index (χ3v) is 5.93. The highest BCUT2D eigenvalue weighted by molar-refractivity contribution is 6.42. The van der Waals surface area contributed by atoms with Crippen molar-refractivity contribution in [2.75, 3.05) is 31.5 Å². The molecule has 2 fully saturated rings. The monoisotopic (exact) mass is 353 g/mol. The Bertz CT molecular complexity index is 705.